The van der Waals surface area contributed by atoms with E-state index in [1.54, 1.807) is 0 Å². The first-order valence-corrected chi connectivity index (χ1v) is 6.41. The average Bonchev–Trinajstić information content (AvgIpc) is 2.29. The summed E-state index contributed by atoms with van der Waals surface area (Å²) in [7, 11) is 0. The molecule has 2 heterocycles. The summed E-state index contributed by atoms with van der Waals surface area (Å²) in [4.78, 5) is 2.65. The number of likely N-dealkylation sites (tertiary alicyclic amines) is 1. The van der Waals surface area contributed by atoms with Gasteiger partial charge in [-0.25, -0.2) is 0 Å². The van der Waals surface area contributed by atoms with Gasteiger partial charge < -0.3 is 35.0 Å². The van der Waals surface area contributed by atoms with Crippen molar-refractivity contribution in [3.63, 3.8) is 0 Å². The van der Waals surface area contributed by atoms with Gasteiger partial charge in [0.15, 0.2) is 0 Å². The molecule has 0 aromatic rings. The Kier molecular flexibility index (Phi) is 9.82. The van der Waals surface area contributed by atoms with Crippen LogP contribution in [0.4, 0.5) is 0 Å². The Morgan fingerprint density at radius 3 is 2.31 bits per heavy atom. The molecule has 2 saturated heterocycles. The first-order valence-electron chi connectivity index (χ1n) is 6.41. The van der Waals surface area contributed by atoms with Gasteiger partial charge in [-0.1, -0.05) is 12.8 Å². The lowest BCUT2D eigenvalue weighted by atomic mass is 10.0. The van der Waals surface area contributed by atoms with Crippen LogP contribution >= 0.6 is 0 Å². The molecule has 0 aliphatic carbocycles. The number of nitrogens with one attached hydrogen (secondary N) is 1. The van der Waals surface area contributed by atoms with Crippen LogP contribution < -0.4 is 30.1 Å². The van der Waals surface area contributed by atoms with E-state index >= 15 is 0 Å². The molecule has 0 aromatic carbocycles. The lowest BCUT2D eigenvalue weighted by Crippen LogP contribution is -3.00. The fourth-order valence-corrected chi connectivity index (χ4v) is 2.69. The van der Waals surface area contributed by atoms with Crippen LogP contribution in [-0.4, -0.2) is 37.1 Å². The molecule has 0 radical (unpaired) electrons. The maximum Gasteiger partial charge on any atom is 0.00792 e. The Labute approximate surface area is 112 Å². The van der Waals surface area contributed by atoms with Crippen LogP contribution in [0, 0.1) is 0 Å². The van der Waals surface area contributed by atoms with Crippen LogP contribution in [0.1, 0.15) is 44.9 Å². The van der Waals surface area contributed by atoms with Crippen molar-refractivity contribution in [1.82, 2.24) is 10.2 Å². The summed E-state index contributed by atoms with van der Waals surface area (Å²) in [5.41, 5.74) is 0. The summed E-state index contributed by atoms with van der Waals surface area (Å²) in [6.45, 7) is 5.29. The predicted octanol–water partition coefficient (Wildman–Crippen LogP) is -3.99. The lowest BCUT2D eigenvalue weighted by molar-refractivity contribution is -0.001000. The third-order valence-electron chi connectivity index (χ3n) is 3.65. The van der Waals surface area contributed by atoms with Gasteiger partial charge in [0.2, 0.25) is 0 Å². The van der Waals surface area contributed by atoms with Crippen molar-refractivity contribution < 1.29 is 24.8 Å². The highest BCUT2D eigenvalue weighted by Gasteiger charge is 2.15. The van der Waals surface area contributed by atoms with Crippen molar-refractivity contribution in [2.24, 2.45) is 0 Å². The van der Waals surface area contributed by atoms with Crippen LogP contribution in [0.25, 0.3) is 0 Å². The number of halogens is 2. The van der Waals surface area contributed by atoms with E-state index in [9.17, 15) is 0 Å². The summed E-state index contributed by atoms with van der Waals surface area (Å²) in [6.07, 6.45) is 9.93. The SMILES string of the molecule is C1CCN(CCC2CCCCN2)CC1.[Cl-].[Cl-]. The highest BCUT2D eigenvalue weighted by Crippen LogP contribution is 2.13. The van der Waals surface area contributed by atoms with E-state index in [4.69, 9.17) is 0 Å². The Bertz CT molecular complexity index is 137. The number of hydrogen-bond acceptors (Lipinski definition) is 2. The molecule has 2 fully saturated rings. The molecular formula is C12H24Cl2N2-2. The molecule has 2 aliphatic heterocycles. The maximum absolute atomic E-state index is 3.63. The van der Waals surface area contributed by atoms with Crippen LogP contribution in [0.5, 0.6) is 0 Å². The summed E-state index contributed by atoms with van der Waals surface area (Å²) >= 11 is 0. The zero-order valence-corrected chi connectivity index (χ0v) is 11.6. The molecule has 1 unspecified atom stereocenters. The van der Waals surface area contributed by atoms with E-state index in [0.717, 1.165) is 6.04 Å². The Balaban J connectivity index is 0.00000112. The van der Waals surface area contributed by atoms with Gasteiger partial charge in [0, 0.05) is 6.04 Å². The van der Waals surface area contributed by atoms with Crippen LogP contribution in [0.3, 0.4) is 0 Å². The largest absolute Gasteiger partial charge is 1.00 e. The fraction of sp³-hybridized carbons (Fsp3) is 1.00. The van der Waals surface area contributed by atoms with Gasteiger partial charge in [-0.05, 0) is 58.3 Å². The molecule has 98 valence electrons. The Hall–Kier alpha value is 0.500. The first kappa shape index (κ1) is 16.5. The van der Waals surface area contributed by atoms with Crippen molar-refractivity contribution in [3.05, 3.63) is 0 Å². The standard InChI is InChI=1S/C12H24N2.2ClH/c1-4-9-14(10-5-1)11-7-12-6-2-3-8-13-12;;/h12-13H,1-11H2;2*1H/p-2. The van der Waals surface area contributed by atoms with Gasteiger partial charge in [0.25, 0.3) is 0 Å². The van der Waals surface area contributed by atoms with Crippen molar-refractivity contribution in [2.45, 2.75) is 51.0 Å². The molecule has 0 saturated carbocycles. The second-order valence-electron chi connectivity index (χ2n) is 4.84. The average molecular weight is 267 g/mol. The highest BCUT2D eigenvalue weighted by atomic mass is 35.5. The topological polar surface area (TPSA) is 15.3 Å². The molecule has 0 spiro atoms. The summed E-state index contributed by atoms with van der Waals surface area (Å²) in [5.74, 6) is 0. The monoisotopic (exact) mass is 266 g/mol. The molecule has 0 amide bonds. The van der Waals surface area contributed by atoms with Gasteiger partial charge in [-0.3, -0.25) is 0 Å². The zero-order valence-electron chi connectivity index (χ0n) is 10.1. The maximum atomic E-state index is 3.63. The van der Waals surface area contributed by atoms with Gasteiger partial charge in [0.1, 0.15) is 0 Å². The van der Waals surface area contributed by atoms with E-state index in [0.29, 0.717) is 0 Å². The quantitative estimate of drug-likeness (QED) is 0.561. The third-order valence-corrected chi connectivity index (χ3v) is 3.65. The summed E-state index contributed by atoms with van der Waals surface area (Å²) < 4.78 is 0. The molecule has 0 aromatic heterocycles. The van der Waals surface area contributed by atoms with Gasteiger partial charge >= 0.3 is 0 Å². The minimum Gasteiger partial charge on any atom is -1.00 e. The molecule has 2 aliphatic rings. The molecule has 2 nitrogen and oxygen atoms in total. The van der Waals surface area contributed by atoms with E-state index in [1.807, 2.05) is 0 Å². The Morgan fingerprint density at radius 2 is 1.69 bits per heavy atom. The summed E-state index contributed by atoms with van der Waals surface area (Å²) in [6, 6.07) is 0.825. The number of rotatable bonds is 3. The minimum atomic E-state index is 0. The van der Waals surface area contributed by atoms with Gasteiger partial charge in [0.05, 0.1) is 0 Å². The number of hydrogen-bond donors (Lipinski definition) is 1. The molecule has 0 bridgehead atoms. The second-order valence-corrected chi connectivity index (χ2v) is 4.84. The Morgan fingerprint density at radius 1 is 0.938 bits per heavy atom. The van der Waals surface area contributed by atoms with Crippen molar-refractivity contribution >= 4 is 0 Å². The predicted molar refractivity (Wildman–Crippen MR) is 60.5 cm³/mol. The number of piperidine rings is 2. The van der Waals surface area contributed by atoms with Gasteiger partial charge in [-0.2, -0.15) is 0 Å². The molecule has 2 rings (SSSR count). The molecule has 1 N–H and O–H groups in total. The smallest absolute Gasteiger partial charge is 0.00792 e. The minimum absolute atomic E-state index is 0. The normalized spacial score (nSPS) is 26.6. The first-order chi connectivity index (χ1) is 6.95. The lowest BCUT2D eigenvalue weighted by Gasteiger charge is -2.30. The third kappa shape index (κ3) is 5.72. The van der Waals surface area contributed by atoms with Crippen molar-refractivity contribution in [2.75, 3.05) is 26.2 Å². The van der Waals surface area contributed by atoms with E-state index in [-0.39, 0.29) is 24.8 Å². The fourth-order valence-electron chi connectivity index (χ4n) is 2.69. The van der Waals surface area contributed by atoms with Crippen molar-refractivity contribution in [3.8, 4) is 0 Å². The van der Waals surface area contributed by atoms with Crippen molar-refractivity contribution in [1.29, 1.82) is 0 Å². The van der Waals surface area contributed by atoms with Crippen LogP contribution in [0.15, 0.2) is 0 Å². The molecular weight excluding hydrogens is 243 g/mol. The van der Waals surface area contributed by atoms with E-state index in [2.05, 4.69) is 10.2 Å². The number of nitrogens with zero attached hydrogens (tertiary/aromatic N) is 1. The van der Waals surface area contributed by atoms with Gasteiger partial charge in [-0.15, -0.1) is 0 Å². The molecule has 1 atom stereocenters. The molecule has 16 heavy (non-hydrogen) atoms. The highest BCUT2D eigenvalue weighted by molar-refractivity contribution is 4.74. The van der Waals surface area contributed by atoms with Crippen LogP contribution in [-0.2, 0) is 0 Å². The second kappa shape index (κ2) is 9.52. The molecule has 4 heteroatoms. The van der Waals surface area contributed by atoms with E-state index in [1.165, 1.54) is 71.1 Å². The van der Waals surface area contributed by atoms with E-state index < -0.39 is 0 Å². The van der Waals surface area contributed by atoms with Crippen LogP contribution in [0.2, 0.25) is 0 Å². The summed E-state index contributed by atoms with van der Waals surface area (Å²) in [5, 5.41) is 3.63. The zero-order chi connectivity index (χ0) is 9.64.